The van der Waals surface area contributed by atoms with E-state index in [1.165, 1.54) is 18.2 Å². The van der Waals surface area contributed by atoms with Gasteiger partial charge in [-0.2, -0.15) is 0 Å². The molecule has 0 atom stereocenters. The maximum Gasteiger partial charge on any atom is 0.240 e. The van der Waals surface area contributed by atoms with Crippen LogP contribution in [0.2, 0.25) is 5.02 Å². The van der Waals surface area contributed by atoms with Gasteiger partial charge in [0.15, 0.2) is 0 Å². The Morgan fingerprint density at radius 3 is 2.55 bits per heavy atom. The van der Waals surface area contributed by atoms with Gasteiger partial charge in [0.05, 0.1) is 0 Å². The van der Waals surface area contributed by atoms with Crippen molar-refractivity contribution >= 4 is 29.1 Å². The molecule has 1 aliphatic carbocycles. The zero-order chi connectivity index (χ0) is 16.1. The van der Waals surface area contributed by atoms with Crippen LogP contribution in [0.25, 0.3) is 0 Å². The summed E-state index contributed by atoms with van der Waals surface area (Å²) in [6.45, 7) is 3.40. The molecule has 2 amide bonds. The minimum absolute atomic E-state index is 0.0330. The second kappa shape index (κ2) is 7.63. The normalized spacial score (nSPS) is 15.4. The van der Waals surface area contributed by atoms with Gasteiger partial charge in [-0.05, 0) is 37.5 Å². The Balaban J connectivity index is 2.03. The van der Waals surface area contributed by atoms with E-state index in [1.807, 2.05) is 19.1 Å². The van der Waals surface area contributed by atoms with Gasteiger partial charge in [-0.1, -0.05) is 36.9 Å². The number of halogens is 1. The van der Waals surface area contributed by atoms with Crippen molar-refractivity contribution in [1.29, 1.82) is 0 Å². The van der Waals surface area contributed by atoms with Crippen molar-refractivity contribution in [2.75, 3.05) is 11.4 Å². The van der Waals surface area contributed by atoms with Crippen molar-refractivity contribution < 1.29 is 9.59 Å². The fourth-order valence-corrected chi connectivity index (χ4v) is 2.97. The van der Waals surface area contributed by atoms with Crippen LogP contribution in [0.3, 0.4) is 0 Å². The van der Waals surface area contributed by atoms with Crippen LogP contribution in [0.15, 0.2) is 18.2 Å². The highest BCUT2D eigenvalue weighted by Crippen LogP contribution is 2.23. The molecule has 0 saturated heterocycles. The molecule has 1 aromatic carbocycles. The number of hydrogen-bond donors (Lipinski definition) is 1. The summed E-state index contributed by atoms with van der Waals surface area (Å²) in [5.74, 6) is -0.280. The van der Waals surface area contributed by atoms with Gasteiger partial charge in [-0.15, -0.1) is 0 Å². The van der Waals surface area contributed by atoms with E-state index >= 15 is 0 Å². The lowest BCUT2D eigenvalue weighted by molar-refractivity contribution is -0.123. The predicted octanol–water partition coefficient (Wildman–Crippen LogP) is 3.45. The van der Waals surface area contributed by atoms with Crippen molar-refractivity contribution in [3.05, 3.63) is 28.8 Å². The zero-order valence-electron chi connectivity index (χ0n) is 13.2. The van der Waals surface area contributed by atoms with Crippen LogP contribution in [-0.2, 0) is 9.59 Å². The Labute approximate surface area is 136 Å². The SMILES string of the molecule is CC(=O)N(CC(=O)NC1CCCCC1)c1ccc(C)c(Cl)c1. The Kier molecular flexibility index (Phi) is 5.83. The number of rotatable bonds is 4. The zero-order valence-corrected chi connectivity index (χ0v) is 13.9. The Bertz CT molecular complexity index is 554. The summed E-state index contributed by atoms with van der Waals surface area (Å²) in [6, 6.07) is 5.65. The first-order valence-electron chi connectivity index (χ1n) is 7.81. The highest BCUT2D eigenvalue weighted by Gasteiger charge is 2.20. The van der Waals surface area contributed by atoms with Crippen molar-refractivity contribution in [2.45, 2.75) is 52.0 Å². The second-order valence-corrected chi connectivity index (χ2v) is 6.35. The van der Waals surface area contributed by atoms with Crippen molar-refractivity contribution in [3.63, 3.8) is 0 Å². The molecular formula is C17H23ClN2O2. The smallest absolute Gasteiger partial charge is 0.240 e. The van der Waals surface area contributed by atoms with E-state index < -0.39 is 0 Å². The average Bonchev–Trinajstić information content (AvgIpc) is 2.48. The molecule has 2 rings (SSSR count). The molecule has 1 saturated carbocycles. The van der Waals surface area contributed by atoms with E-state index in [9.17, 15) is 9.59 Å². The Hall–Kier alpha value is -1.55. The van der Waals surface area contributed by atoms with Crippen molar-refractivity contribution in [3.8, 4) is 0 Å². The number of anilines is 1. The quantitative estimate of drug-likeness (QED) is 0.923. The van der Waals surface area contributed by atoms with E-state index in [0.29, 0.717) is 10.7 Å². The third kappa shape index (κ3) is 4.47. The second-order valence-electron chi connectivity index (χ2n) is 5.94. The van der Waals surface area contributed by atoms with E-state index in [-0.39, 0.29) is 24.4 Å². The monoisotopic (exact) mass is 322 g/mol. The molecule has 1 fully saturated rings. The fraction of sp³-hybridized carbons (Fsp3) is 0.529. The molecule has 0 aromatic heterocycles. The minimum Gasteiger partial charge on any atom is -0.352 e. The van der Waals surface area contributed by atoms with Gasteiger partial charge in [0.2, 0.25) is 11.8 Å². The lowest BCUT2D eigenvalue weighted by Crippen LogP contribution is -2.44. The van der Waals surface area contributed by atoms with E-state index in [4.69, 9.17) is 11.6 Å². The van der Waals surface area contributed by atoms with E-state index in [1.54, 1.807) is 6.07 Å². The topological polar surface area (TPSA) is 49.4 Å². The molecule has 4 nitrogen and oxygen atoms in total. The van der Waals surface area contributed by atoms with Crippen molar-refractivity contribution in [1.82, 2.24) is 5.32 Å². The summed E-state index contributed by atoms with van der Waals surface area (Å²) in [4.78, 5) is 25.5. The van der Waals surface area contributed by atoms with Gasteiger partial charge in [0.1, 0.15) is 6.54 Å². The van der Waals surface area contributed by atoms with Gasteiger partial charge in [0.25, 0.3) is 0 Å². The summed E-state index contributed by atoms with van der Waals surface area (Å²) >= 11 is 6.12. The van der Waals surface area contributed by atoms with Gasteiger partial charge >= 0.3 is 0 Å². The third-order valence-corrected chi connectivity index (χ3v) is 4.53. The molecule has 0 aliphatic heterocycles. The van der Waals surface area contributed by atoms with Gasteiger partial charge in [-0.25, -0.2) is 0 Å². The van der Waals surface area contributed by atoms with Crippen LogP contribution in [0.5, 0.6) is 0 Å². The number of carbonyl (C=O) groups is 2. The van der Waals surface area contributed by atoms with Crippen LogP contribution >= 0.6 is 11.6 Å². The van der Waals surface area contributed by atoms with Crippen LogP contribution in [-0.4, -0.2) is 24.4 Å². The Morgan fingerprint density at radius 2 is 1.95 bits per heavy atom. The fourth-order valence-electron chi connectivity index (χ4n) is 2.80. The maximum absolute atomic E-state index is 12.2. The first-order chi connectivity index (χ1) is 10.5. The first kappa shape index (κ1) is 16.8. The minimum atomic E-state index is -0.168. The molecule has 0 bridgehead atoms. The predicted molar refractivity (Wildman–Crippen MR) is 89.2 cm³/mol. The molecule has 1 N–H and O–H groups in total. The van der Waals surface area contributed by atoms with Crippen LogP contribution < -0.4 is 10.2 Å². The average molecular weight is 323 g/mol. The lowest BCUT2D eigenvalue weighted by atomic mass is 9.95. The van der Waals surface area contributed by atoms with Crippen LogP contribution in [0, 0.1) is 6.92 Å². The van der Waals surface area contributed by atoms with E-state index in [2.05, 4.69) is 5.32 Å². The van der Waals surface area contributed by atoms with Gasteiger partial charge in [-0.3, -0.25) is 9.59 Å². The molecule has 0 radical (unpaired) electrons. The highest BCUT2D eigenvalue weighted by atomic mass is 35.5. The number of carbonyl (C=O) groups excluding carboxylic acids is 2. The summed E-state index contributed by atoms with van der Waals surface area (Å²) in [6.07, 6.45) is 5.63. The standard InChI is InChI=1S/C17H23ClN2O2/c1-12-8-9-15(10-16(12)18)20(13(2)21)11-17(22)19-14-6-4-3-5-7-14/h8-10,14H,3-7,11H2,1-2H3,(H,19,22). The molecule has 0 unspecified atom stereocenters. The summed E-state index contributed by atoms with van der Waals surface area (Å²) in [5.41, 5.74) is 1.60. The van der Waals surface area contributed by atoms with Gasteiger partial charge < -0.3 is 10.2 Å². The Morgan fingerprint density at radius 1 is 1.27 bits per heavy atom. The maximum atomic E-state index is 12.2. The summed E-state index contributed by atoms with van der Waals surface area (Å²) in [7, 11) is 0. The number of amides is 2. The summed E-state index contributed by atoms with van der Waals surface area (Å²) < 4.78 is 0. The first-order valence-corrected chi connectivity index (χ1v) is 8.19. The summed E-state index contributed by atoms with van der Waals surface area (Å²) in [5, 5.41) is 3.63. The van der Waals surface area contributed by atoms with Crippen LogP contribution in [0.4, 0.5) is 5.69 Å². The molecule has 120 valence electrons. The number of aryl methyl sites for hydroxylation is 1. The molecule has 22 heavy (non-hydrogen) atoms. The number of nitrogens with zero attached hydrogens (tertiary/aromatic N) is 1. The lowest BCUT2D eigenvalue weighted by Gasteiger charge is -2.26. The van der Waals surface area contributed by atoms with Crippen LogP contribution in [0.1, 0.15) is 44.6 Å². The molecule has 1 aliphatic rings. The highest BCUT2D eigenvalue weighted by molar-refractivity contribution is 6.31. The number of hydrogen-bond acceptors (Lipinski definition) is 2. The number of benzene rings is 1. The molecule has 1 aromatic rings. The van der Waals surface area contributed by atoms with E-state index in [0.717, 1.165) is 31.2 Å². The largest absolute Gasteiger partial charge is 0.352 e. The van der Waals surface area contributed by atoms with Gasteiger partial charge in [0, 0.05) is 23.7 Å². The third-order valence-electron chi connectivity index (χ3n) is 4.12. The van der Waals surface area contributed by atoms with Crippen molar-refractivity contribution in [2.24, 2.45) is 0 Å². The molecule has 0 spiro atoms. The molecular weight excluding hydrogens is 300 g/mol. The molecule has 5 heteroatoms. The molecule has 0 heterocycles. The number of nitrogens with one attached hydrogen (secondary N) is 1.